The van der Waals surface area contributed by atoms with Gasteiger partial charge in [-0.05, 0) is 66.1 Å². The van der Waals surface area contributed by atoms with Crippen LogP contribution in [0.3, 0.4) is 0 Å². The lowest BCUT2D eigenvalue weighted by molar-refractivity contribution is 0.758. The molecule has 11 aromatic rings. The molecule has 5 nitrogen and oxygen atoms in total. The molecule has 0 bridgehead atoms. The largest absolute Gasteiger partial charge is 0.236 e. The Labute approximate surface area is 364 Å². The van der Waals surface area contributed by atoms with Gasteiger partial charge in [0.05, 0.1) is 11.1 Å². The zero-order valence-electron chi connectivity index (χ0n) is 33.9. The van der Waals surface area contributed by atoms with Crippen LogP contribution in [-0.2, 0) is 5.41 Å². The highest BCUT2D eigenvalue weighted by atomic mass is 15.0. The van der Waals surface area contributed by atoms with Crippen LogP contribution in [0, 0.1) is 0 Å². The van der Waals surface area contributed by atoms with Crippen molar-refractivity contribution in [2.75, 3.05) is 0 Å². The molecule has 0 saturated heterocycles. The molecule has 0 unspecified atom stereocenters. The zero-order chi connectivity index (χ0) is 41.5. The molecule has 0 amide bonds. The van der Waals surface area contributed by atoms with Gasteiger partial charge in [0.1, 0.15) is 0 Å². The molecule has 0 atom stereocenters. The zero-order valence-corrected chi connectivity index (χ0v) is 33.9. The highest BCUT2D eigenvalue weighted by Gasteiger charge is 2.53. The summed E-state index contributed by atoms with van der Waals surface area (Å²) in [5.41, 5.74) is 15.1. The van der Waals surface area contributed by atoms with Gasteiger partial charge in [-0.3, -0.25) is 0 Å². The predicted octanol–water partition coefficient (Wildman–Crippen LogP) is 13.6. The molecule has 0 radical (unpaired) electrons. The second-order valence-corrected chi connectivity index (χ2v) is 16.3. The Balaban J connectivity index is 0.989. The van der Waals surface area contributed by atoms with Gasteiger partial charge < -0.3 is 0 Å². The molecule has 0 fully saturated rings. The quantitative estimate of drug-likeness (QED) is 0.162. The summed E-state index contributed by atoms with van der Waals surface area (Å²) < 4.78 is 0. The van der Waals surface area contributed by atoms with Crippen LogP contribution in [-0.4, -0.2) is 24.9 Å². The first-order valence-corrected chi connectivity index (χ1v) is 21.3. The normalized spacial score (nSPS) is 12.9. The molecule has 13 rings (SSSR count). The average molecular weight is 802 g/mol. The van der Waals surface area contributed by atoms with Crippen molar-refractivity contribution in [3.63, 3.8) is 0 Å². The van der Waals surface area contributed by atoms with Gasteiger partial charge in [0.25, 0.3) is 0 Å². The summed E-state index contributed by atoms with van der Waals surface area (Å²) in [6.45, 7) is 0. The summed E-state index contributed by atoms with van der Waals surface area (Å²) in [6, 6.07) is 72.7. The Morgan fingerprint density at radius 1 is 0.270 bits per heavy atom. The van der Waals surface area contributed by atoms with Crippen LogP contribution in [0.5, 0.6) is 0 Å². The molecule has 1 spiro atoms. The van der Waals surface area contributed by atoms with E-state index >= 15 is 0 Å². The van der Waals surface area contributed by atoms with Gasteiger partial charge in [0.2, 0.25) is 0 Å². The topological polar surface area (TPSA) is 64.5 Å². The van der Waals surface area contributed by atoms with Crippen molar-refractivity contribution in [1.82, 2.24) is 24.9 Å². The van der Waals surface area contributed by atoms with Crippen molar-refractivity contribution in [3.8, 4) is 78.9 Å². The van der Waals surface area contributed by atoms with E-state index in [-0.39, 0.29) is 0 Å². The molecule has 0 N–H and O–H groups in total. The highest BCUT2D eigenvalue weighted by molar-refractivity contribution is 6.21. The SMILES string of the molecule is c1ccc(-c2nc(-c3ccccc3)nc(-c3ccc(-c4c5ccccc5c(-c5ncc6c(n5)C5(c7ccccc7-c7ccccc75)c5ccccc5-6)c5ccccc45)cc3)n2)cc1. The summed E-state index contributed by atoms with van der Waals surface area (Å²) in [4.78, 5) is 25.9. The number of hydrogen-bond donors (Lipinski definition) is 0. The first kappa shape index (κ1) is 35.4. The molecule has 0 saturated carbocycles. The van der Waals surface area contributed by atoms with Crippen molar-refractivity contribution in [2.24, 2.45) is 0 Å². The Hall–Kier alpha value is -8.41. The van der Waals surface area contributed by atoms with Gasteiger partial charge in [0.15, 0.2) is 23.3 Å². The Bertz CT molecular complexity index is 3440. The van der Waals surface area contributed by atoms with Gasteiger partial charge >= 0.3 is 0 Å². The smallest absolute Gasteiger partial charge is 0.164 e. The Morgan fingerprint density at radius 2 is 0.635 bits per heavy atom. The van der Waals surface area contributed by atoms with Crippen molar-refractivity contribution in [3.05, 3.63) is 235 Å². The molecule has 2 aromatic heterocycles. The van der Waals surface area contributed by atoms with E-state index in [1.54, 1.807) is 0 Å². The van der Waals surface area contributed by atoms with Crippen LogP contribution >= 0.6 is 0 Å². The number of hydrogen-bond acceptors (Lipinski definition) is 5. The third-order valence-corrected chi connectivity index (χ3v) is 13.0. The van der Waals surface area contributed by atoms with E-state index in [1.165, 1.54) is 33.4 Å². The summed E-state index contributed by atoms with van der Waals surface area (Å²) >= 11 is 0. The van der Waals surface area contributed by atoms with Crippen LogP contribution in [0.15, 0.2) is 212 Å². The fourth-order valence-corrected chi connectivity index (χ4v) is 10.3. The Morgan fingerprint density at radius 3 is 1.11 bits per heavy atom. The van der Waals surface area contributed by atoms with Gasteiger partial charge in [-0.1, -0.05) is 206 Å². The molecule has 9 aromatic carbocycles. The van der Waals surface area contributed by atoms with Crippen molar-refractivity contribution in [1.29, 1.82) is 0 Å². The number of aromatic nitrogens is 5. The second-order valence-electron chi connectivity index (χ2n) is 16.3. The van der Waals surface area contributed by atoms with Crippen molar-refractivity contribution in [2.45, 2.75) is 5.41 Å². The molecule has 5 heteroatoms. The molecular formula is C58H35N5. The van der Waals surface area contributed by atoms with E-state index in [1.807, 2.05) is 60.7 Å². The lowest BCUT2D eigenvalue weighted by Gasteiger charge is -2.29. The maximum absolute atomic E-state index is 5.75. The van der Waals surface area contributed by atoms with Crippen LogP contribution < -0.4 is 0 Å². The molecule has 2 aliphatic carbocycles. The Kier molecular flexibility index (Phi) is 7.75. The second kappa shape index (κ2) is 13.8. The van der Waals surface area contributed by atoms with Crippen molar-refractivity contribution >= 4 is 21.5 Å². The van der Waals surface area contributed by atoms with Crippen LogP contribution in [0.4, 0.5) is 0 Å². The van der Waals surface area contributed by atoms with E-state index in [0.717, 1.165) is 72.0 Å². The predicted molar refractivity (Wildman–Crippen MR) is 254 cm³/mol. The van der Waals surface area contributed by atoms with Gasteiger partial charge in [0, 0.05) is 34.0 Å². The standard InChI is InChI=1S/C58H35N5/c1-3-17-37(18-4-1)54-61-55(38-19-5-2-6-20-38)63-56(62-54)39-33-31-36(32-34-39)51-43-24-7-9-26-45(43)52(46-27-10-8-25-44(46)51)57-59-35-47-42-23-13-16-30-50(42)58(53(47)60-57)48-28-14-11-21-40(48)41-22-12-15-29-49(41)58/h1-35H. The lowest BCUT2D eigenvalue weighted by atomic mass is 9.72. The first-order valence-electron chi connectivity index (χ1n) is 21.3. The first-order chi connectivity index (χ1) is 31.3. The van der Waals surface area contributed by atoms with Gasteiger partial charge in [-0.2, -0.15) is 0 Å². The fraction of sp³-hybridized carbons (Fsp3) is 0.0172. The third-order valence-electron chi connectivity index (χ3n) is 13.0. The molecule has 0 aliphatic heterocycles. The summed E-state index contributed by atoms with van der Waals surface area (Å²) in [5.74, 6) is 2.62. The molecule has 292 valence electrons. The number of nitrogens with zero attached hydrogens (tertiary/aromatic N) is 5. The van der Waals surface area contributed by atoms with Gasteiger partial charge in [-0.25, -0.2) is 24.9 Å². The van der Waals surface area contributed by atoms with Crippen molar-refractivity contribution < 1.29 is 0 Å². The molecular weight excluding hydrogens is 767 g/mol. The molecule has 63 heavy (non-hydrogen) atoms. The summed E-state index contributed by atoms with van der Waals surface area (Å²) in [5, 5.41) is 4.47. The van der Waals surface area contributed by atoms with E-state index in [2.05, 4.69) is 152 Å². The minimum absolute atomic E-state index is 0.563. The number of benzene rings is 9. The number of rotatable bonds is 5. The van der Waals surface area contributed by atoms with Gasteiger partial charge in [-0.15, -0.1) is 0 Å². The van der Waals surface area contributed by atoms with Crippen LogP contribution in [0.2, 0.25) is 0 Å². The maximum Gasteiger partial charge on any atom is 0.164 e. The monoisotopic (exact) mass is 801 g/mol. The average Bonchev–Trinajstić information content (AvgIpc) is 3.83. The van der Waals surface area contributed by atoms with E-state index < -0.39 is 5.41 Å². The van der Waals surface area contributed by atoms with Crippen LogP contribution in [0.1, 0.15) is 22.4 Å². The third kappa shape index (κ3) is 5.20. The maximum atomic E-state index is 5.75. The van der Waals surface area contributed by atoms with Crippen LogP contribution in [0.25, 0.3) is 100 Å². The van der Waals surface area contributed by atoms with E-state index in [0.29, 0.717) is 17.5 Å². The molecule has 2 aliphatic rings. The number of fused-ring (bicyclic) bond motifs is 12. The summed E-state index contributed by atoms with van der Waals surface area (Å²) in [7, 11) is 0. The lowest BCUT2D eigenvalue weighted by Crippen LogP contribution is -2.27. The summed E-state index contributed by atoms with van der Waals surface area (Å²) in [6.07, 6.45) is 2.07. The highest BCUT2D eigenvalue weighted by Crippen LogP contribution is 2.62. The minimum atomic E-state index is -0.563. The fourth-order valence-electron chi connectivity index (χ4n) is 10.3. The van der Waals surface area contributed by atoms with E-state index in [4.69, 9.17) is 24.9 Å². The minimum Gasteiger partial charge on any atom is -0.236 e. The van der Waals surface area contributed by atoms with E-state index in [9.17, 15) is 0 Å². The molecule has 2 heterocycles.